The highest BCUT2D eigenvalue weighted by molar-refractivity contribution is 9.08. The smallest absolute Gasteiger partial charge is 0.0371 e. The summed E-state index contributed by atoms with van der Waals surface area (Å²) >= 11 is 3.54. The van der Waals surface area contributed by atoms with Crippen LogP contribution in [0.2, 0.25) is 0 Å². The van der Waals surface area contributed by atoms with Crippen molar-refractivity contribution in [2.24, 2.45) is 5.92 Å². The second-order valence-electron chi connectivity index (χ2n) is 5.30. The third-order valence-electron chi connectivity index (χ3n) is 4.18. The first-order valence-electron chi connectivity index (χ1n) is 6.55. The summed E-state index contributed by atoms with van der Waals surface area (Å²) in [5.41, 5.74) is 4.18. The lowest BCUT2D eigenvalue weighted by atomic mass is 9.91. The van der Waals surface area contributed by atoms with Crippen LogP contribution in [0.1, 0.15) is 37.8 Å². The molecule has 94 valence electrons. The molecule has 1 aromatic rings. The van der Waals surface area contributed by atoms with Crippen molar-refractivity contribution in [3.63, 3.8) is 0 Å². The van der Waals surface area contributed by atoms with Crippen LogP contribution in [0.5, 0.6) is 0 Å². The van der Waals surface area contributed by atoms with E-state index in [4.69, 9.17) is 0 Å². The van der Waals surface area contributed by atoms with E-state index in [0.717, 1.165) is 11.2 Å². The van der Waals surface area contributed by atoms with Gasteiger partial charge in [0, 0.05) is 23.6 Å². The zero-order chi connectivity index (χ0) is 12.4. The summed E-state index contributed by atoms with van der Waals surface area (Å²) in [5.74, 6) is 0.805. The highest BCUT2D eigenvalue weighted by Gasteiger charge is 2.24. The minimum Gasteiger partial charge on any atom is -0.369 e. The second kappa shape index (κ2) is 5.43. The van der Waals surface area contributed by atoms with Gasteiger partial charge in [-0.25, -0.2) is 0 Å². The van der Waals surface area contributed by atoms with Crippen molar-refractivity contribution in [2.45, 2.75) is 45.0 Å². The third kappa shape index (κ3) is 2.67. The Kier molecular flexibility index (Phi) is 4.13. The number of piperidine rings is 1. The van der Waals surface area contributed by atoms with E-state index in [2.05, 4.69) is 59.8 Å². The van der Waals surface area contributed by atoms with E-state index in [1.54, 1.807) is 0 Å². The summed E-state index contributed by atoms with van der Waals surface area (Å²) in [7, 11) is 0. The molecule has 0 spiro atoms. The lowest BCUT2D eigenvalue weighted by molar-refractivity contribution is 0.363. The molecule has 17 heavy (non-hydrogen) atoms. The molecular weight excluding hydrogens is 274 g/mol. The Hall–Kier alpha value is -0.500. The molecule has 2 atom stereocenters. The van der Waals surface area contributed by atoms with Crippen LogP contribution in [-0.2, 0) is 5.33 Å². The molecule has 0 bridgehead atoms. The third-order valence-corrected chi connectivity index (χ3v) is 4.78. The molecule has 0 aliphatic carbocycles. The molecule has 0 saturated carbocycles. The average Bonchev–Trinajstić information content (AvgIpc) is 2.32. The maximum Gasteiger partial charge on any atom is 0.0371 e. The van der Waals surface area contributed by atoms with Crippen molar-refractivity contribution >= 4 is 21.6 Å². The van der Waals surface area contributed by atoms with E-state index in [0.29, 0.717) is 6.04 Å². The van der Waals surface area contributed by atoms with Gasteiger partial charge in [-0.05, 0) is 55.9 Å². The number of benzene rings is 1. The number of hydrogen-bond acceptors (Lipinski definition) is 1. The Morgan fingerprint density at radius 1 is 1.35 bits per heavy atom. The van der Waals surface area contributed by atoms with Gasteiger partial charge in [-0.2, -0.15) is 0 Å². The van der Waals surface area contributed by atoms with E-state index in [1.165, 1.54) is 36.2 Å². The number of rotatable bonds is 2. The first-order valence-corrected chi connectivity index (χ1v) is 7.67. The Labute approximate surface area is 113 Å². The van der Waals surface area contributed by atoms with Crippen LogP contribution >= 0.6 is 15.9 Å². The molecule has 2 rings (SSSR count). The van der Waals surface area contributed by atoms with Gasteiger partial charge in [0.1, 0.15) is 0 Å². The number of nitrogens with zero attached hydrogens (tertiary/aromatic N) is 1. The monoisotopic (exact) mass is 295 g/mol. The molecule has 0 radical (unpaired) electrons. The molecular formula is C15H22BrN. The van der Waals surface area contributed by atoms with Crippen molar-refractivity contribution in [3.05, 3.63) is 29.3 Å². The number of aryl methyl sites for hydroxylation is 1. The van der Waals surface area contributed by atoms with Crippen molar-refractivity contribution in [2.75, 3.05) is 11.4 Å². The molecule has 0 amide bonds. The van der Waals surface area contributed by atoms with Crippen LogP contribution in [0, 0.1) is 12.8 Å². The van der Waals surface area contributed by atoms with E-state index in [9.17, 15) is 0 Å². The number of hydrogen-bond donors (Lipinski definition) is 0. The predicted octanol–water partition coefficient (Wildman–Crippen LogP) is 4.51. The molecule has 0 aromatic heterocycles. The van der Waals surface area contributed by atoms with Gasteiger partial charge in [0.15, 0.2) is 0 Å². The standard InChI is InChI=1S/C15H22BrN/c1-11-5-4-8-17(13(11)3)15-7-6-14(10-16)12(2)9-15/h6-7,9,11,13H,4-5,8,10H2,1-3H3. The fourth-order valence-electron chi connectivity index (χ4n) is 2.71. The normalized spacial score (nSPS) is 25.1. The van der Waals surface area contributed by atoms with Crippen LogP contribution in [0.3, 0.4) is 0 Å². The maximum absolute atomic E-state index is 3.54. The largest absolute Gasteiger partial charge is 0.369 e. The predicted molar refractivity (Wildman–Crippen MR) is 79.0 cm³/mol. The van der Waals surface area contributed by atoms with Crippen molar-refractivity contribution in [3.8, 4) is 0 Å². The van der Waals surface area contributed by atoms with Crippen molar-refractivity contribution < 1.29 is 0 Å². The van der Waals surface area contributed by atoms with E-state index < -0.39 is 0 Å². The van der Waals surface area contributed by atoms with Crippen LogP contribution in [0.15, 0.2) is 18.2 Å². The van der Waals surface area contributed by atoms with Gasteiger partial charge in [0.25, 0.3) is 0 Å². The minimum absolute atomic E-state index is 0.665. The van der Waals surface area contributed by atoms with Gasteiger partial charge in [0.2, 0.25) is 0 Å². The Bertz CT molecular complexity index is 389. The molecule has 2 heteroatoms. The fourth-order valence-corrected chi connectivity index (χ4v) is 3.34. The summed E-state index contributed by atoms with van der Waals surface area (Å²) in [5, 5.41) is 0.949. The minimum atomic E-state index is 0.665. The molecule has 1 aromatic carbocycles. The van der Waals surface area contributed by atoms with Crippen LogP contribution in [-0.4, -0.2) is 12.6 Å². The van der Waals surface area contributed by atoms with Gasteiger partial charge in [0.05, 0.1) is 0 Å². The first kappa shape index (κ1) is 12.9. The average molecular weight is 296 g/mol. The molecule has 1 heterocycles. The summed E-state index contributed by atoms with van der Waals surface area (Å²) < 4.78 is 0. The zero-order valence-corrected chi connectivity index (χ0v) is 12.6. The van der Waals surface area contributed by atoms with Crippen LogP contribution in [0.4, 0.5) is 5.69 Å². The Morgan fingerprint density at radius 2 is 2.12 bits per heavy atom. The fraction of sp³-hybridized carbons (Fsp3) is 0.600. The molecule has 1 aliphatic heterocycles. The Balaban J connectivity index is 2.24. The lowest BCUT2D eigenvalue weighted by Crippen LogP contribution is -2.42. The topological polar surface area (TPSA) is 3.24 Å². The Morgan fingerprint density at radius 3 is 2.76 bits per heavy atom. The van der Waals surface area contributed by atoms with Crippen LogP contribution < -0.4 is 4.90 Å². The first-order chi connectivity index (χ1) is 8.13. The number of alkyl halides is 1. The summed E-state index contributed by atoms with van der Waals surface area (Å²) in [6.07, 6.45) is 2.70. The molecule has 2 unspecified atom stereocenters. The second-order valence-corrected chi connectivity index (χ2v) is 5.86. The number of anilines is 1. The maximum atomic E-state index is 3.54. The molecule has 1 aliphatic rings. The van der Waals surface area contributed by atoms with Gasteiger partial charge in [-0.3, -0.25) is 0 Å². The zero-order valence-electron chi connectivity index (χ0n) is 11.0. The highest BCUT2D eigenvalue weighted by Crippen LogP contribution is 2.29. The quantitative estimate of drug-likeness (QED) is 0.726. The van der Waals surface area contributed by atoms with Crippen molar-refractivity contribution in [1.82, 2.24) is 0 Å². The summed E-state index contributed by atoms with van der Waals surface area (Å²) in [6, 6.07) is 7.53. The van der Waals surface area contributed by atoms with E-state index in [1.807, 2.05) is 0 Å². The van der Waals surface area contributed by atoms with E-state index >= 15 is 0 Å². The number of halogens is 1. The SMILES string of the molecule is Cc1cc(N2CCCC(C)C2C)ccc1CBr. The molecule has 0 N–H and O–H groups in total. The molecule has 1 saturated heterocycles. The van der Waals surface area contributed by atoms with Gasteiger partial charge in [-0.1, -0.05) is 28.9 Å². The van der Waals surface area contributed by atoms with Crippen molar-refractivity contribution in [1.29, 1.82) is 0 Å². The molecule has 1 fully saturated rings. The summed E-state index contributed by atoms with van der Waals surface area (Å²) in [4.78, 5) is 2.57. The van der Waals surface area contributed by atoms with E-state index in [-0.39, 0.29) is 0 Å². The van der Waals surface area contributed by atoms with Gasteiger partial charge >= 0.3 is 0 Å². The lowest BCUT2D eigenvalue weighted by Gasteiger charge is -2.40. The van der Waals surface area contributed by atoms with Crippen LogP contribution in [0.25, 0.3) is 0 Å². The highest BCUT2D eigenvalue weighted by atomic mass is 79.9. The molecule has 1 nitrogen and oxygen atoms in total. The van der Waals surface area contributed by atoms with Gasteiger partial charge in [-0.15, -0.1) is 0 Å². The summed E-state index contributed by atoms with van der Waals surface area (Å²) in [6.45, 7) is 8.14. The van der Waals surface area contributed by atoms with Gasteiger partial charge < -0.3 is 4.90 Å².